The van der Waals surface area contributed by atoms with Crippen LogP contribution in [0.3, 0.4) is 0 Å². The van der Waals surface area contributed by atoms with Gasteiger partial charge in [-0.25, -0.2) is 9.79 Å². The van der Waals surface area contributed by atoms with E-state index in [0.717, 1.165) is 11.1 Å². The number of rotatable bonds is 9. The molecule has 3 aromatic carbocycles. The Labute approximate surface area is 258 Å². The summed E-state index contributed by atoms with van der Waals surface area (Å²) in [4.78, 5) is 32.4. The quantitative estimate of drug-likeness (QED) is 0.254. The fourth-order valence-electron chi connectivity index (χ4n) is 4.92. The van der Waals surface area contributed by atoms with Crippen LogP contribution in [0, 0.1) is 11.3 Å². The number of nitrogens with zero attached hydrogens (tertiary/aromatic N) is 3. The largest absolute Gasteiger partial charge is 0.497 e. The highest BCUT2D eigenvalue weighted by Crippen LogP contribution is 2.32. The molecular formula is C34H31N3O6S. The van der Waals surface area contributed by atoms with E-state index in [1.165, 1.54) is 11.3 Å². The van der Waals surface area contributed by atoms with Gasteiger partial charge in [0.15, 0.2) is 16.3 Å². The summed E-state index contributed by atoms with van der Waals surface area (Å²) in [7, 11) is 3.12. The molecule has 0 fully saturated rings. The van der Waals surface area contributed by atoms with Crippen molar-refractivity contribution in [2.75, 3.05) is 14.2 Å². The van der Waals surface area contributed by atoms with Gasteiger partial charge in [0.1, 0.15) is 12.4 Å². The topological polar surface area (TPSA) is 112 Å². The third kappa shape index (κ3) is 6.14. The zero-order chi connectivity index (χ0) is 31.4. The first-order valence-corrected chi connectivity index (χ1v) is 14.7. The number of allylic oxidation sites excluding steroid dienone is 1. The van der Waals surface area contributed by atoms with Crippen molar-refractivity contribution < 1.29 is 23.7 Å². The van der Waals surface area contributed by atoms with Gasteiger partial charge in [-0.05, 0) is 68.3 Å². The molecule has 0 aliphatic carbocycles. The number of nitriles is 1. The van der Waals surface area contributed by atoms with Crippen LogP contribution in [0.5, 0.6) is 17.2 Å². The average molecular weight is 610 g/mol. The van der Waals surface area contributed by atoms with Crippen LogP contribution in [0.1, 0.15) is 49.1 Å². The summed E-state index contributed by atoms with van der Waals surface area (Å²) in [6, 6.07) is 21.3. The molecule has 1 aliphatic heterocycles. The number of benzene rings is 3. The minimum absolute atomic E-state index is 0.199. The van der Waals surface area contributed by atoms with Crippen molar-refractivity contribution >= 4 is 23.4 Å². The number of fused-ring (bicyclic) bond motifs is 1. The van der Waals surface area contributed by atoms with Gasteiger partial charge >= 0.3 is 5.97 Å². The second-order valence-electron chi connectivity index (χ2n) is 10.3. The van der Waals surface area contributed by atoms with Gasteiger partial charge in [0.2, 0.25) is 0 Å². The molecule has 0 saturated heterocycles. The van der Waals surface area contributed by atoms with E-state index in [1.54, 1.807) is 82.0 Å². The smallest absolute Gasteiger partial charge is 0.338 e. The maximum atomic E-state index is 14.0. The van der Waals surface area contributed by atoms with Crippen LogP contribution >= 0.6 is 11.3 Å². The fraction of sp³-hybridized carbons (Fsp3) is 0.235. The molecule has 1 aromatic heterocycles. The van der Waals surface area contributed by atoms with E-state index in [0.29, 0.717) is 49.0 Å². The third-order valence-corrected chi connectivity index (χ3v) is 8.01. The number of methoxy groups -OCH3 is 2. The molecule has 0 spiro atoms. The van der Waals surface area contributed by atoms with E-state index >= 15 is 0 Å². The van der Waals surface area contributed by atoms with Crippen LogP contribution in [0.15, 0.2) is 87.8 Å². The molecule has 9 nitrogen and oxygen atoms in total. The van der Waals surface area contributed by atoms with Gasteiger partial charge in [0, 0.05) is 5.56 Å². The summed E-state index contributed by atoms with van der Waals surface area (Å²) in [6.07, 6.45) is 1.42. The van der Waals surface area contributed by atoms with E-state index in [1.807, 2.05) is 30.3 Å². The Morgan fingerprint density at radius 2 is 1.82 bits per heavy atom. The number of thiazole rings is 1. The van der Waals surface area contributed by atoms with E-state index in [4.69, 9.17) is 18.9 Å². The minimum Gasteiger partial charge on any atom is -0.497 e. The van der Waals surface area contributed by atoms with Crippen LogP contribution in [-0.2, 0) is 16.1 Å². The van der Waals surface area contributed by atoms with E-state index in [2.05, 4.69) is 11.1 Å². The molecule has 0 radical (unpaired) electrons. The summed E-state index contributed by atoms with van der Waals surface area (Å²) >= 11 is 1.24. The number of aromatic nitrogens is 1. The van der Waals surface area contributed by atoms with Gasteiger partial charge in [-0.1, -0.05) is 47.7 Å². The molecule has 224 valence electrons. The molecule has 0 unspecified atom stereocenters. The fourth-order valence-corrected chi connectivity index (χ4v) is 5.96. The molecule has 4 aromatic rings. The van der Waals surface area contributed by atoms with Gasteiger partial charge in [-0.15, -0.1) is 0 Å². The summed E-state index contributed by atoms with van der Waals surface area (Å²) in [5.74, 6) is 1.12. The molecule has 5 rings (SSSR count). The summed E-state index contributed by atoms with van der Waals surface area (Å²) < 4.78 is 24.4. The molecule has 0 saturated carbocycles. The second-order valence-corrected chi connectivity index (χ2v) is 11.3. The molecule has 0 N–H and O–H groups in total. The summed E-state index contributed by atoms with van der Waals surface area (Å²) in [5, 5.41) is 9.37. The maximum absolute atomic E-state index is 14.0. The zero-order valence-corrected chi connectivity index (χ0v) is 25.8. The lowest BCUT2D eigenvalue weighted by Gasteiger charge is -2.25. The molecule has 2 heterocycles. The minimum atomic E-state index is -0.729. The molecule has 1 aliphatic rings. The Morgan fingerprint density at radius 3 is 2.50 bits per heavy atom. The Kier molecular flexibility index (Phi) is 8.97. The summed E-state index contributed by atoms with van der Waals surface area (Å²) in [5.41, 5.74) is 3.26. The van der Waals surface area contributed by atoms with Crippen molar-refractivity contribution in [2.45, 2.75) is 39.5 Å². The number of esters is 1. The predicted molar refractivity (Wildman–Crippen MR) is 166 cm³/mol. The van der Waals surface area contributed by atoms with Gasteiger partial charge in [0.05, 0.1) is 53.8 Å². The van der Waals surface area contributed by atoms with Crippen molar-refractivity contribution in [3.05, 3.63) is 120 Å². The van der Waals surface area contributed by atoms with Crippen LogP contribution in [0.2, 0.25) is 0 Å². The van der Waals surface area contributed by atoms with Crippen LogP contribution in [0.25, 0.3) is 6.08 Å². The highest BCUT2D eigenvalue weighted by Gasteiger charge is 2.33. The first-order chi connectivity index (χ1) is 21.2. The first-order valence-electron chi connectivity index (χ1n) is 13.9. The van der Waals surface area contributed by atoms with E-state index in [9.17, 15) is 14.9 Å². The average Bonchev–Trinajstić information content (AvgIpc) is 3.32. The van der Waals surface area contributed by atoms with Gasteiger partial charge in [-0.3, -0.25) is 9.36 Å². The second kappa shape index (κ2) is 13.0. The van der Waals surface area contributed by atoms with Crippen molar-refractivity contribution in [2.24, 2.45) is 4.99 Å². The molecule has 0 amide bonds. The van der Waals surface area contributed by atoms with Crippen LogP contribution in [0.4, 0.5) is 0 Å². The molecule has 44 heavy (non-hydrogen) atoms. The zero-order valence-electron chi connectivity index (χ0n) is 25.0. The van der Waals surface area contributed by atoms with E-state index < -0.39 is 12.0 Å². The highest BCUT2D eigenvalue weighted by atomic mass is 32.1. The van der Waals surface area contributed by atoms with Crippen LogP contribution in [-0.4, -0.2) is 30.9 Å². The number of ether oxygens (including phenoxy) is 4. The molecule has 0 bridgehead atoms. The third-order valence-electron chi connectivity index (χ3n) is 7.02. The van der Waals surface area contributed by atoms with Gasteiger partial charge < -0.3 is 18.9 Å². The molecule has 10 heteroatoms. The number of hydrogen-bond donors (Lipinski definition) is 0. The lowest BCUT2D eigenvalue weighted by Crippen LogP contribution is -2.40. The normalized spacial score (nSPS) is 14.5. The van der Waals surface area contributed by atoms with Gasteiger partial charge in [0.25, 0.3) is 5.56 Å². The standard InChI is InChI=1S/C34H31N3O6S/c1-20(2)43-33(39)30-21(3)36-34-37(31(30)23-11-13-26(40-4)14-12-23)32(38)29(44-34)17-22-10-15-27(28(16-22)41-5)42-19-25-9-7-6-8-24(25)18-35/h6-17,20,31H,19H2,1-5H3/b29-17+/t31-/m0/s1. The lowest BCUT2D eigenvalue weighted by molar-refractivity contribution is -0.143. The number of carbonyl (C=O) groups is 1. The van der Waals surface area contributed by atoms with E-state index in [-0.39, 0.29) is 18.3 Å². The number of carbonyl (C=O) groups excluding carboxylic acids is 1. The van der Waals surface area contributed by atoms with Gasteiger partial charge in [-0.2, -0.15) is 5.26 Å². The number of hydrogen-bond acceptors (Lipinski definition) is 9. The lowest BCUT2D eigenvalue weighted by atomic mass is 9.96. The Bertz CT molecular complexity index is 1970. The van der Waals surface area contributed by atoms with Crippen LogP contribution < -0.4 is 29.1 Å². The monoisotopic (exact) mass is 609 g/mol. The highest BCUT2D eigenvalue weighted by molar-refractivity contribution is 7.07. The van der Waals surface area contributed by atoms with Crippen molar-refractivity contribution in [1.82, 2.24) is 4.57 Å². The van der Waals surface area contributed by atoms with Crippen molar-refractivity contribution in [1.29, 1.82) is 5.26 Å². The molecular weight excluding hydrogens is 578 g/mol. The summed E-state index contributed by atoms with van der Waals surface area (Å²) in [6.45, 7) is 5.51. The SMILES string of the molecule is COc1ccc([C@H]2C(C(=O)OC(C)C)=C(C)N=c3s/c(=C/c4ccc(OCc5ccccc5C#N)c(OC)c4)c(=O)n32)cc1. The molecule has 1 atom stereocenters. The van der Waals surface area contributed by atoms with Crippen molar-refractivity contribution in [3.63, 3.8) is 0 Å². The van der Waals surface area contributed by atoms with Crippen molar-refractivity contribution in [3.8, 4) is 23.3 Å². The predicted octanol–water partition coefficient (Wildman–Crippen LogP) is 4.65. The Balaban J connectivity index is 1.54. The maximum Gasteiger partial charge on any atom is 0.338 e. The Morgan fingerprint density at radius 1 is 1.07 bits per heavy atom. The first kappa shape index (κ1) is 30.3. The Hall–Kier alpha value is -5.14.